The maximum absolute atomic E-state index is 12.5. The molecule has 5 nitrogen and oxygen atoms in total. The topological polar surface area (TPSA) is 56.5 Å². The zero-order chi connectivity index (χ0) is 16.7. The summed E-state index contributed by atoms with van der Waals surface area (Å²) < 4.78 is 7.89. The number of hydrogen-bond acceptors (Lipinski definition) is 5. The van der Waals surface area contributed by atoms with Crippen molar-refractivity contribution in [3.8, 4) is 5.75 Å². The van der Waals surface area contributed by atoms with E-state index in [1.54, 1.807) is 18.2 Å². The molecule has 0 aliphatic carbocycles. The van der Waals surface area contributed by atoms with Crippen molar-refractivity contribution in [2.45, 2.75) is 6.61 Å². The van der Waals surface area contributed by atoms with Gasteiger partial charge >= 0.3 is 0 Å². The number of aromatic nitrogens is 3. The first-order valence-electron chi connectivity index (χ1n) is 6.97. The molecule has 2 aromatic heterocycles. The minimum absolute atomic E-state index is 0.181. The summed E-state index contributed by atoms with van der Waals surface area (Å²) in [6.07, 6.45) is 0. The molecular weight excluding hydrogens is 414 g/mol. The highest BCUT2D eigenvalue weighted by atomic mass is 79.9. The zero-order valence-corrected chi connectivity index (χ0v) is 15.2. The fraction of sp³-hybridized carbons (Fsp3) is 0.0625. The Hall–Kier alpha value is -1.96. The van der Waals surface area contributed by atoms with E-state index < -0.39 is 0 Å². The molecule has 120 valence electrons. The molecule has 2 heterocycles. The lowest BCUT2D eigenvalue weighted by Crippen LogP contribution is -2.15. The van der Waals surface area contributed by atoms with Gasteiger partial charge in [-0.05, 0) is 30.3 Å². The maximum Gasteiger partial charge on any atom is 0.283 e. The molecule has 0 aliphatic rings. The summed E-state index contributed by atoms with van der Waals surface area (Å²) in [4.78, 5) is 17.5. The van der Waals surface area contributed by atoms with E-state index in [-0.39, 0.29) is 12.2 Å². The monoisotopic (exact) mass is 421 g/mol. The standard InChI is InChI=1S/C16H9BrClN3O2S/c17-9-5-6-13(11(18)7-9)23-8-14-20-21-15(22)10-3-1-2-4-12(10)19-16(21)24-14/h1-7H,8H2. The number of hydrogen-bond donors (Lipinski definition) is 0. The van der Waals surface area contributed by atoms with Crippen molar-refractivity contribution < 1.29 is 4.74 Å². The number of halogens is 2. The Kier molecular flexibility index (Phi) is 3.99. The van der Waals surface area contributed by atoms with E-state index in [1.807, 2.05) is 24.3 Å². The van der Waals surface area contributed by atoms with Crippen molar-refractivity contribution in [3.05, 3.63) is 67.3 Å². The molecule has 0 bridgehead atoms. The summed E-state index contributed by atoms with van der Waals surface area (Å²) in [5.41, 5.74) is 0.481. The molecule has 2 aromatic carbocycles. The van der Waals surface area contributed by atoms with E-state index in [1.165, 1.54) is 15.9 Å². The van der Waals surface area contributed by atoms with Gasteiger partial charge in [0.05, 0.1) is 15.9 Å². The van der Waals surface area contributed by atoms with Crippen LogP contribution in [0.25, 0.3) is 15.9 Å². The number of fused-ring (bicyclic) bond motifs is 2. The molecule has 0 N–H and O–H groups in total. The number of nitrogens with zero attached hydrogens (tertiary/aromatic N) is 3. The van der Waals surface area contributed by atoms with Gasteiger partial charge in [0, 0.05) is 4.47 Å². The van der Waals surface area contributed by atoms with E-state index in [9.17, 15) is 4.79 Å². The van der Waals surface area contributed by atoms with Crippen molar-refractivity contribution in [2.24, 2.45) is 0 Å². The van der Waals surface area contributed by atoms with Crippen molar-refractivity contribution in [1.82, 2.24) is 14.6 Å². The van der Waals surface area contributed by atoms with Crippen LogP contribution in [0.1, 0.15) is 5.01 Å². The van der Waals surface area contributed by atoms with Crippen LogP contribution in [0.15, 0.2) is 51.7 Å². The second kappa shape index (κ2) is 6.16. The van der Waals surface area contributed by atoms with Gasteiger partial charge in [0.15, 0.2) is 5.01 Å². The highest BCUT2D eigenvalue weighted by Gasteiger charge is 2.11. The third-order valence-electron chi connectivity index (χ3n) is 3.39. The van der Waals surface area contributed by atoms with Gasteiger partial charge in [-0.1, -0.05) is 51.0 Å². The van der Waals surface area contributed by atoms with Crippen LogP contribution in [0.3, 0.4) is 0 Å². The predicted octanol–water partition coefficient (Wildman–Crippen LogP) is 4.30. The Labute approximate surface area is 153 Å². The van der Waals surface area contributed by atoms with Crippen LogP contribution in [-0.4, -0.2) is 14.6 Å². The van der Waals surface area contributed by atoms with Crippen molar-refractivity contribution >= 4 is 54.7 Å². The molecule has 0 unspecified atom stereocenters. The third kappa shape index (κ3) is 2.79. The van der Waals surface area contributed by atoms with Gasteiger partial charge in [0.1, 0.15) is 12.4 Å². The molecule has 0 saturated carbocycles. The molecule has 0 radical (unpaired) electrons. The Morgan fingerprint density at radius 2 is 2.08 bits per heavy atom. The first-order chi connectivity index (χ1) is 11.6. The molecule has 0 saturated heterocycles. The van der Waals surface area contributed by atoms with Crippen LogP contribution in [0.5, 0.6) is 5.75 Å². The van der Waals surface area contributed by atoms with E-state index >= 15 is 0 Å². The average molecular weight is 423 g/mol. The highest BCUT2D eigenvalue weighted by molar-refractivity contribution is 9.10. The summed E-state index contributed by atoms with van der Waals surface area (Å²) in [5.74, 6) is 0.560. The molecule has 0 aliphatic heterocycles. The normalized spacial score (nSPS) is 11.2. The molecule has 24 heavy (non-hydrogen) atoms. The molecule has 0 spiro atoms. The van der Waals surface area contributed by atoms with Gasteiger partial charge in [-0.2, -0.15) is 9.61 Å². The van der Waals surface area contributed by atoms with Gasteiger partial charge in [-0.25, -0.2) is 4.98 Å². The Morgan fingerprint density at radius 1 is 1.25 bits per heavy atom. The highest BCUT2D eigenvalue weighted by Crippen LogP contribution is 2.28. The van der Waals surface area contributed by atoms with Crippen LogP contribution in [0.4, 0.5) is 0 Å². The van der Waals surface area contributed by atoms with Crippen LogP contribution >= 0.6 is 38.9 Å². The predicted molar refractivity (Wildman–Crippen MR) is 98.1 cm³/mol. The Balaban J connectivity index is 1.69. The SMILES string of the molecule is O=c1c2ccccc2nc2sc(COc3ccc(Br)cc3Cl)nn12. The molecule has 4 aromatic rings. The number of ether oxygens (including phenoxy) is 1. The van der Waals surface area contributed by atoms with E-state index in [0.29, 0.717) is 31.6 Å². The van der Waals surface area contributed by atoms with Crippen LogP contribution in [0.2, 0.25) is 5.02 Å². The molecule has 0 atom stereocenters. The maximum atomic E-state index is 12.5. The second-order valence-electron chi connectivity index (χ2n) is 4.99. The smallest absolute Gasteiger partial charge is 0.283 e. The average Bonchev–Trinajstić information content (AvgIpc) is 2.97. The van der Waals surface area contributed by atoms with Gasteiger partial charge < -0.3 is 4.74 Å². The second-order valence-corrected chi connectivity index (χ2v) is 7.35. The summed E-state index contributed by atoms with van der Waals surface area (Å²) >= 11 is 10.8. The largest absolute Gasteiger partial charge is 0.485 e. The number of rotatable bonds is 3. The number of benzene rings is 2. The van der Waals surface area contributed by atoms with Gasteiger partial charge in [0.2, 0.25) is 4.96 Å². The summed E-state index contributed by atoms with van der Waals surface area (Å²) in [5, 5.41) is 6.01. The van der Waals surface area contributed by atoms with Gasteiger partial charge in [0.25, 0.3) is 5.56 Å². The summed E-state index contributed by atoms with van der Waals surface area (Å²) in [6, 6.07) is 12.6. The molecule has 4 rings (SSSR count). The minimum atomic E-state index is -0.181. The fourth-order valence-electron chi connectivity index (χ4n) is 2.28. The lowest BCUT2D eigenvalue weighted by Gasteiger charge is -2.05. The summed E-state index contributed by atoms with van der Waals surface area (Å²) in [7, 11) is 0. The van der Waals surface area contributed by atoms with E-state index in [4.69, 9.17) is 16.3 Å². The van der Waals surface area contributed by atoms with Crippen LogP contribution in [-0.2, 0) is 6.61 Å². The molecule has 0 amide bonds. The van der Waals surface area contributed by atoms with E-state index in [2.05, 4.69) is 26.0 Å². The van der Waals surface area contributed by atoms with E-state index in [0.717, 1.165) is 4.47 Å². The van der Waals surface area contributed by atoms with Crippen molar-refractivity contribution in [2.75, 3.05) is 0 Å². The van der Waals surface area contributed by atoms with Crippen LogP contribution in [0, 0.1) is 0 Å². The Bertz CT molecular complexity index is 1130. The van der Waals surface area contributed by atoms with Crippen molar-refractivity contribution in [1.29, 1.82) is 0 Å². The number of para-hydroxylation sites is 1. The molecule has 0 fully saturated rings. The minimum Gasteiger partial charge on any atom is -0.485 e. The molecular formula is C16H9BrClN3O2S. The Morgan fingerprint density at radius 3 is 2.92 bits per heavy atom. The third-order valence-corrected chi connectivity index (χ3v) is 5.06. The van der Waals surface area contributed by atoms with Crippen molar-refractivity contribution in [3.63, 3.8) is 0 Å². The van der Waals surface area contributed by atoms with Gasteiger partial charge in [-0.3, -0.25) is 4.79 Å². The lowest BCUT2D eigenvalue weighted by molar-refractivity contribution is 0.304. The summed E-state index contributed by atoms with van der Waals surface area (Å²) in [6.45, 7) is 0.213. The quantitative estimate of drug-likeness (QED) is 0.494. The zero-order valence-electron chi connectivity index (χ0n) is 12.1. The first-order valence-corrected chi connectivity index (χ1v) is 8.96. The first kappa shape index (κ1) is 15.6. The fourth-order valence-corrected chi connectivity index (χ4v) is 3.82. The van der Waals surface area contributed by atoms with Crippen LogP contribution < -0.4 is 10.3 Å². The lowest BCUT2D eigenvalue weighted by atomic mass is 10.2. The van der Waals surface area contributed by atoms with Gasteiger partial charge in [-0.15, -0.1) is 0 Å². The molecule has 8 heteroatoms.